The third kappa shape index (κ3) is 2.26. The van der Waals surface area contributed by atoms with Crippen LogP contribution in [-0.2, 0) is 0 Å². The third-order valence-electron chi connectivity index (χ3n) is 6.25. The summed E-state index contributed by atoms with van der Waals surface area (Å²) in [6.45, 7) is 2.63. The van der Waals surface area contributed by atoms with Crippen molar-refractivity contribution in [2.75, 3.05) is 13.1 Å². The Morgan fingerprint density at radius 2 is 1.33 bits per heavy atom. The second kappa shape index (κ2) is 5.89. The summed E-state index contributed by atoms with van der Waals surface area (Å²) in [5, 5.41) is 0. The molecule has 0 radical (unpaired) electrons. The molecule has 0 bridgehead atoms. The Morgan fingerprint density at radius 1 is 0.708 bits per heavy atom. The van der Waals surface area contributed by atoms with Gasteiger partial charge in [0.2, 0.25) is 0 Å². The van der Waals surface area contributed by atoms with E-state index in [9.17, 15) is 0 Å². The Bertz CT molecular complexity index is 739. The van der Waals surface area contributed by atoms with Gasteiger partial charge in [0, 0.05) is 6.04 Å². The van der Waals surface area contributed by atoms with E-state index in [2.05, 4.69) is 59.5 Å². The maximum absolute atomic E-state index is 2.77. The van der Waals surface area contributed by atoms with Gasteiger partial charge in [-0.1, -0.05) is 61.0 Å². The monoisotopic (exact) mass is 315 g/mol. The molecule has 2 aromatic rings. The third-order valence-corrected chi connectivity index (χ3v) is 6.25. The lowest BCUT2D eigenvalue weighted by atomic mass is 9.81. The first kappa shape index (κ1) is 14.5. The average Bonchev–Trinajstić information content (AvgIpc) is 2.97. The minimum absolute atomic E-state index is 0.716. The smallest absolute Gasteiger partial charge is 0.0158 e. The Kier molecular flexibility index (Phi) is 3.56. The lowest BCUT2D eigenvalue weighted by Crippen LogP contribution is -2.47. The molecule has 1 heteroatoms. The van der Waals surface area contributed by atoms with E-state index in [1.807, 2.05) is 0 Å². The zero-order valence-electron chi connectivity index (χ0n) is 14.2. The fourth-order valence-corrected chi connectivity index (χ4v) is 5.14. The van der Waals surface area contributed by atoms with Crippen LogP contribution in [0.4, 0.5) is 0 Å². The van der Waals surface area contributed by atoms with Gasteiger partial charge in [-0.15, -0.1) is 0 Å². The standard InChI is InChI=1S/C23H25N/c1-3-11-20-18(9-1)19-10-2-4-12-21(19)22(20)16-17-8-7-15-24-14-6-5-13-23(17)24/h1-4,9-12,16-17,23H,5-8,13-15H2/t17-,23-/m1/s1. The average molecular weight is 315 g/mol. The number of piperidine rings is 2. The molecule has 24 heavy (non-hydrogen) atoms. The quantitative estimate of drug-likeness (QED) is 0.584. The van der Waals surface area contributed by atoms with Gasteiger partial charge >= 0.3 is 0 Å². The van der Waals surface area contributed by atoms with Gasteiger partial charge in [0.15, 0.2) is 0 Å². The molecular weight excluding hydrogens is 290 g/mol. The van der Waals surface area contributed by atoms with Crippen molar-refractivity contribution >= 4 is 5.57 Å². The number of fused-ring (bicyclic) bond motifs is 4. The minimum Gasteiger partial charge on any atom is -0.300 e. The van der Waals surface area contributed by atoms with Crippen LogP contribution >= 0.6 is 0 Å². The normalized spacial score (nSPS) is 25.8. The summed E-state index contributed by atoms with van der Waals surface area (Å²) in [5.41, 5.74) is 7.18. The lowest BCUT2D eigenvalue weighted by molar-refractivity contribution is 0.0786. The van der Waals surface area contributed by atoms with E-state index in [0.717, 1.165) is 6.04 Å². The maximum atomic E-state index is 2.77. The Morgan fingerprint density at radius 3 is 2.04 bits per heavy atom. The highest BCUT2D eigenvalue weighted by Crippen LogP contribution is 2.45. The van der Waals surface area contributed by atoms with Crippen LogP contribution in [0.15, 0.2) is 54.6 Å². The van der Waals surface area contributed by atoms with E-state index in [1.54, 1.807) is 0 Å². The highest BCUT2D eigenvalue weighted by atomic mass is 15.2. The van der Waals surface area contributed by atoms with Crippen LogP contribution < -0.4 is 0 Å². The van der Waals surface area contributed by atoms with Gasteiger partial charge in [0.05, 0.1) is 0 Å². The van der Waals surface area contributed by atoms with Crippen LogP contribution in [0, 0.1) is 5.92 Å². The topological polar surface area (TPSA) is 3.24 Å². The zero-order valence-corrected chi connectivity index (χ0v) is 14.2. The van der Waals surface area contributed by atoms with Gasteiger partial charge in [0.25, 0.3) is 0 Å². The second-order valence-electron chi connectivity index (χ2n) is 7.58. The van der Waals surface area contributed by atoms with E-state index >= 15 is 0 Å². The van der Waals surface area contributed by atoms with Gasteiger partial charge in [-0.3, -0.25) is 4.90 Å². The molecule has 1 nitrogen and oxygen atoms in total. The van der Waals surface area contributed by atoms with Gasteiger partial charge in [-0.25, -0.2) is 0 Å². The first-order valence-electron chi connectivity index (χ1n) is 9.57. The van der Waals surface area contributed by atoms with Gasteiger partial charge in [0.1, 0.15) is 0 Å². The predicted molar refractivity (Wildman–Crippen MR) is 101 cm³/mol. The van der Waals surface area contributed by atoms with Gasteiger partial charge in [-0.2, -0.15) is 0 Å². The largest absolute Gasteiger partial charge is 0.300 e. The number of rotatable bonds is 1. The molecule has 2 saturated heterocycles. The summed E-state index contributed by atoms with van der Waals surface area (Å²) < 4.78 is 0. The second-order valence-corrected chi connectivity index (χ2v) is 7.58. The van der Waals surface area contributed by atoms with Crippen LogP contribution in [0.5, 0.6) is 0 Å². The van der Waals surface area contributed by atoms with Crippen LogP contribution in [0.1, 0.15) is 43.2 Å². The fraction of sp³-hybridized carbons (Fsp3) is 0.391. The molecule has 2 fully saturated rings. The van der Waals surface area contributed by atoms with Crippen molar-refractivity contribution in [3.8, 4) is 11.1 Å². The summed E-state index contributed by atoms with van der Waals surface area (Å²) in [5.74, 6) is 0.716. The van der Waals surface area contributed by atoms with Crippen molar-refractivity contribution in [3.05, 3.63) is 65.7 Å². The summed E-state index contributed by atoms with van der Waals surface area (Å²) in [4.78, 5) is 2.77. The summed E-state index contributed by atoms with van der Waals surface area (Å²) in [7, 11) is 0. The zero-order chi connectivity index (χ0) is 15.9. The molecule has 0 spiro atoms. The molecule has 3 aliphatic rings. The number of benzene rings is 2. The number of nitrogens with zero attached hydrogens (tertiary/aromatic N) is 1. The molecular formula is C23H25N. The Balaban J connectivity index is 1.59. The molecule has 0 aromatic heterocycles. The number of hydrogen-bond acceptors (Lipinski definition) is 1. The highest BCUT2D eigenvalue weighted by Gasteiger charge is 2.33. The van der Waals surface area contributed by atoms with Crippen LogP contribution in [-0.4, -0.2) is 24.0 Å². The summed E-state index contributed by atoms with van der Waals surface area (Å²) >= 11 is 0. The minimum atomic E-state index is 0.716. The maximum Gasteiger partial charge on any atom is 0.0158 e. The molecule has 122 valence electrons. The van der Waals surface area contributed by atoms with Crippen molar-refractivity contribution < 1.29 is 0 Å². The van der Waals surface area contributed by atoms with Gasteiger partial charge in [-0.05, 0) is 72.5 Å². The first-order chi connectivity index (χ1) is 11.9. The molecule has 2 aliphatic heterocycles. The van der Waals surface area contributed by atoms with Crippen molar-refractivity contribution in [3.63, 3.8) is 0 Å². The molecule has 0 N–H and O–H groups in total. The van der Waals surface area contributed by atoms with Crippen LogP contribution in [0.25, 0.3) is 16.7 Å². The molecule has 1 aliphatic carbocycles. The van der Waals surface area contributed by atoms with E-state index in [-0.39, 0.29) is 0 Å². The Hall–Kier alpha value is -1.86. The van der Waals surface area contributed by atoms with Gasteiger partial charge < -0.3 is 0 Å². The van der Waals surface area contributed by atoms with Crippen molar-refractivity contribution in [2.24, 2.45) is 5.92 Å². The summed E-state index contributed by atoms with van der Waals surface area (Å²) in [6, 6.07) is 18.7. The molecule has 0 unspecified atom stereocenters. The molecule has 2 aromatic carbocycles. The van der Waals surface area contributed by atoms with Crippen molar-refractivity contribution in [1.29, 1.82) is 0 Å². The van der Waals surface area contributed by atoms with E-state index in [0.29, 0.717) is 5.92 Å². The van der Waals surface area contributed by atoms with Crippen LogP contribution in [0.2, 0.25) is 0 Å². The number of hydrogen-bond donors (Lipinski definition) is 0. The Labute approximate surface area is 145 Å². The summed E-state index contributed by atoms with van der Waals surface area (Å²) in [6.07, 6.45) is 9.53. The highest BCUT2D eigenvalue weighted by molar-refractivity contribution is 6.01. The SMILES string of the molecule is C(=C1c2ccccc2-c2ccccc21)[C@H]1CCCN2CCCC[C@H]12. The van der Waals surface area contributed by atoms with E-state index < -0.39 is 0 Å². The van der Waals surface area contributed by atoms with Crippen LogP contribution in [0.3, 0.4) is 0 Å². The van der Waals surface area contributed by atoms with E-state index in [4.69, 9.17) is 0 Å². The molecule has 5 rings (SSSR count). The van der Waals surface area contributed by atoms with Crippen molar-refractivity contribution in [1.82, 2.24) is 4.90 Å². The molecule has 2 atom stereocenters. The first-order valence-corrected chi connectivity index (χ1v) is 9.57. The molecule has 0 saturated carbocycles. The van der Waals surface area contributed by atoms with Crippen molar-refractivity contribution in [2.45, 2.75) is 38.1 Å². The lowest BCUT2D eigenvalue weighted by Gasteiger charge is -2.43. The van der Waals surface area contributed by atoms with E-state index in [1.165, 1.54) is 73.0 Å². The predicted octanol–water partition coefficient (Wildman–Crippen LogP) is 5.36. The fourth-order valence-electron chi connectivity index (χ4n) is 5.14. The molecule has 2 heterocycles. The molecule has 0 amide bonds.